The number of carbonyl (C=O) groups is 1. The van der Waals surface area contributed by atoms with Gasteiger partial charge in [0.05, 0.1) is 7.11 Å². The van der Waals surface area contributed by atoms with Crippen LogP contribution < -0.4 is 5.32 Å². The Kier molecular flexibility index (Phi) is 3.46. The van der Waals surface area contributed by atoms with Crippen LogP contribution in [0.5, 0.6) is 0 Å². The highest BCUT2D eigenvalue weighted by atomic mass is 19.1. The molecule has 0 bridgehead atoms. The fraction of sp³-hybridized carbons (Fsp3) is 0.357. The van der Waals surface area contributed by atoms with Crippen molar-refractivity contribution in [2.45, 2.75) is 19.3 Å². The molecular formula is C14H17FN2O2. The first kappa shape index (κ1) is 13.4. The van der Waals surface area contributed by atoms with Crippen LogP contribution in [-0.2, 0) is 10.2 Å². The summed E-state index contributed by atoms with van der Waals surface area (Å²) in [6.07, 6.45) is 1.38. The number of H-pyrrole nitrogens is 1. The molecular weight excluding hydrogens is 247 g/mol. The van der Waals surface area contributed by atoms with Gasteiger partial charge in [0.25, 0.3) is 0 Å². The number of benzene rings is 1. The molecule has 2 N–H and O–H groups in total. The quantitative estimate of drug-likeness (QED) is 0.895. The summed E-state index contributed by atoms with van der Waals surface area (Å²) >= 11 is 0. The van der Waals surface area contributed by atoms with Crippen LogP contribution in [-0.4, -0.2) is 24.7 Å². The summed E-state index contributed by atoms with van der Waals surface area (Å²) in [5.74, 6) is -0.273. The Morgan fingerprint density at radius 3 is 2.89 bits per heavy atom. The largest absolute Gasteiger partial charge is 0.453 e. The van der Waals surface area contributed by atoms with Crippen molar-refractivity contribution in [2.24, 2.45) is 0 Å². The van der Waals surface area contributed by atoms with Crippen molar-refractivity contribution < 1.29 is 13.9 Å². The van der Waals surface area contributed by atoms with E-state index in [1.807, 2.05) is 20.0 Å². The first-order valence-electron chi connectivity index (χ1n) is 6.03. The second kappa shape index (κ2) is 4.91. The van der Waals surface area contributed by atoms with Crippen LogP contribution in [0.3, 0.4) is 0 Å². The number of nitrogens with one attached hydrogen (secondary N) is 2. The molecule has 0 saturated carbocycles. The molecule has 0 unspecified atom stereocenters. The zero-order valence-electron chi connectivity index (χ0n) is 11.2. The second-order valence-electron chi connectivity index (χ2n) is 5.12. The maximum absolute atomic E-state index is 13.3. The molecule has 1 amide bonds. The number of hydrogen-bond acceptors (Lipinski definition) is 2. The van der Waals surface area contributed by atoms with Crippen LogP contribution in [0.2, 0.25) is 0 Å². The molecule has 2 rings (SSSR count). The summed E-state index contributed by atoms with van der Waals surface area (Å²) in [4.78, 5) is 14.3. The van der Waals surface area contributed by atoms with Crippen molar-refractivity contribution in [3.63, 3.8) is 0 Å². The third kappa shape index (κ3) is 2.70. The number of rotatable bonds is 3. The molecule has 1 heterocycles. The Balaban J connectivity index is 2.31. The maximum atomic E-state index is 13.3. The van der Waals surface area contributed by atoms with Crippen molar-refractivity contribution in [2.75, 3.05) is 13.7 Å². The fourth-order valence-electron chi connectivity index (χ4n) is 2.11. The lowest BCUT2D eigenvalue weighted by Gasteiger charge is -2.24. The van der Waals surface area contributed by atoms with E-state index in [4.69, 9.17) is 0 Å². The highest BCUT2D eigenvalue weighted by molar-refractivity contribution is 5.84. The van der Waals surface area contributed by atoms with Gasteiger partial charge in [0.15, 0.2) is 0 Å². The Bertz CT molecular complexity index is 605. The molecule has 4 nitrogen and oxygen atoms in total. The van der Waals surface area contributed by atoms with E-state index < -0.39 is 6.09 Å². The van der Waals surface area contributed by atoms with E-state index in [0.29, 0.717) is 6.54 Å². The molecule has 1 aromatic heterocycles. The number of halogens is 1. The van der Waals surface area contributed by atoms with Gasteiger partial charge >= 0.3 is 6.09 Å². The van der Waals surface area contributed by atoms with E-state index in [0.717, 1.165) is 16.5 Å². The molecule has 0 aliphatic heterocycles. The van der Waals surface area contributed by atoms with Gasteiger partial charge in [0.2, 0.25) is 0 Å². The predicted molar refractivity (Wildman–Crippen MR) is 71.7 cm³/mol. The monoisotopic (exact) mass is 264 g/mol. The van der Waals surface area contributed by atoms with E-state index >= 15 is 0 Å². The summed E-state index contributed by atoms with van der Waals surface area (Å²) < 4.78 is 17.9. The average molecular weight is 264 g/mol. The van der Waals surface area contributed by atoms with Gasteiger partial charge in [0.1, 0.15) is 5.82 Å². The number of aromatic nitrogens is 1. The van der Waals surface area contributed by atoms with Gasteiger partial charge in [-0.25, -0.2) is 9.18 Å². The molecule has 0 atom stereocenters. The second-order valence-corrected chi connectivity index (χ2v) is 5.12. The molecule has 0 saturated heterocycles. The number of alkyl carbamates (subject to hydrolysis) is 1. The Hall–Kier alpha value is -2.04. The lowest BCUT2D eigenvalue weighted by atomic mass is 9.84. The van der Waals surface area contributed by atoms with Crippen LogP contribution in [0.25, 0.3) is 10.9 Å². The van der Waals surface area contributed by atoms with Gasteiger partial charge in [0, 0.05) is 29.1 Å². The molecule has 102 valence electrons. The van der Waals surface area contributed by atoms with Gasteiger partial charge in [-0.15, -0.1) is 0 Å². The summed E-state index contributed by atoms with van der Waals surface area (Å²) in [5.41, 5.74) is 1.50. The molecule has 19 heavy (non-hydrogen) atoms. The topological polar surface area (TPSA) is 54.1 Å². The number of amides is 1. The molecule has 2 aromatic rings. The van der Waals surface area contributed by atoms with Crippen molar-refractivity contribution >= 4 is 17.0 Å². The van der Waals surface area contributed by atoms with Crippen molar-refractivity contribution in [3.8, 4) is 0 Å². The number of hydrogen-bond donors (Lipinski definition) is 2. The lowest BCUT2D eigenvalue weighted by Crippen LogP contribution is -2.36. The predicted octanol–water partition coefficient (Wildman–Crippen LogP) is 2.94. The first-order chi connectivity index (χ1) is 8.94. The summed E-state index contributed by atoms with van der Waals surface area (Å²) in [7, 11) is 1.32. The molecule has 0 radical (unpaired) electrons. The van der Waals surface area contributed by atoms with E-state index in [1.54, 1.807) is 6.07 Å². The highest BCUT2D eigenvalue weighted by Crippen LogP contribution is 2.30. The van der Waals surface area contributed by atoms with Crippen LogP contribution in [0.1, 0.15) is 19.4 Å². The molecule has 5 heteroatoms. The van der Waals surface area contributed by atoms with E-state index in [1.165, 1.54) is 19.2 Å². The fourth-order valence-corrected chi connectivity index (χ4v) is 2.11. The summed E-state index contributed by atoms with van der Waals surface area (Å²) in [6, 6.07) is 4.63. The molecule has 0 fully saturated rings. The van der Waals surface area contributed by atoms with Crippen molar-refractivity contribution in [1.82, 2.24) is 10.3 Å². The van der Waals surface area contributed by atoms with Crippen LogP contribution in [0.4, 0.5) is 9.18 Å². The zero-order chi connectivity index (χ0) is 14.0. The standard InChI is InChI=1S/C14H17FN2O2/c1-14(2,8-17-13(18)19-3)11-7-16-12-5-4-9(15)6-10(11)12/h4-7,16H,8H2,1-3H3,(H,17,18). The minimum Gasteiger partial charge on any atom is -0.453 e. The molecule has 0 aliphatic carbocycles. The van der Waals surface area contributed by atoms with Crippen LogP contribution in [0.15, 0.2) is 24.4 Å². The highest BCUT2D eigenvalue weighted by Gasteiger charge is 2.25. The number of methoxy groups -OCH3 is 1. The number of carbonyl (C=O) groups excluding carboxylic acids is 1. The lowest BCUT2D eigenvalue weighted by molar-refractivity contribution is 0.168. The molecule has 1 aromatic carbocycles. The Labute approximate surface area is 111 Å². The van der Waals surface area contributed by atoms with Gasteiger partial charge in [-0.05, 0) is 23.8 Å². The SMILES string of the molecule is COC(=O)NCC(C)(C)c1c[nH]c2ccc(F)cc12. The Morgan fingerprint density at radius 1 is 1.47 bits per heavy atom. The van der Waals surface area contributed by atoms with Crippen LogP contribution >= 0.6 is 0 Å². The van der Waals surface area contributed by atoms with Gasteiger partial charge in [-0.3, -0.25) is 0 Å². The van der Waals surface area contributed by atoms with Crippen LogP contribution in [0, 0.1) is 5.82 Å². The van der Waals surface area contributed by atoms with Gasteiger partial charge < -0.3 is 15.0 Å². The zero-order valence-corrected chi connectivity index (χ0v) is 11.2. The molecule has 0 spiro atoms. The number of fused-ring (bicyclic) bond motifs is 1. The normalized spacial score (nSPS) is 11.6. The first-order valence-corrected chi connectivity index (χ1v) is 6.03. The number of ether oxygens (including phenoxy) is 1. The third-order valence-electron chi connectivity index (χ3n) is 3.23. The smallest absolute Gasteiger partial charge is 0.406 e. The van der Waals surface area contributed by atoms with Crippen molar-refractivity contribution in [3.05, 3.63) is 35.8 Å². The maximum Gasteiger partial charge on any atom is 0.406 e. The Morgan fingerprint density at radius 2 is 2.21 bits per heavy atom. The van der Waals surface area contributed by atoms with Gasteiger partial charge in [-0.1, -0.05) is 13.8 Å². The van der Waals surface area contributed by atoms with E-state index in [2.05, 4.69) is 15.0 Å². The minimum absolute atomic E-state index is 0.273. The average Bonchev–Trinajstić information content (AvgIpc) is 2.79. The van der Waals surface area contributed by atoms with E-state index in [9.17, 15) is 9.18 Å². The third-order valence-corrected chi connectivity index (χ3v) is 3.23. The summed E-state index contributed by atoms with van der Waals surface area (Å²) in [5, 5.41) is 3.50. The minimum atomic E-state index is -0.473. The molecule has 0 aliphatic rings. The summed E-state index contributed by atoms with van der Waals surface area (Å²) in [6.45, 7) is 4.37. The van der Waals surface area contributed by atoms with Crippen molar-refractivity contribution in [1.29, 1.82) is 0 Å². The van der Waals surface area contributed by atoms with E-state index in [-0.39, 0.29) is 11.2 Å². The van der Waals surface area contributed by atoms with Gasteiger partial charge in [-0.2, -0.15) is 0 Å². The number of aromatic amines is 1.